The van der Waals surface area contributed by atoms with Gasteiger partial charge in [-0.05, 0) is 28.8 Å². The molecule has 140 valence electrons. The molecule has 0 radical (unpaired) electrons. The number of rotatable bonds is 3. The molecule has 0 saturated carbocycles. The highest BCUT2D eigenvalue weighted by Gasteiger charge is 2.17. The second-order valence-corrected chi connectivity index (χ2v) is 7.69. The summed E-state index contributed by atoms with van der Waals surface area (Å²) in [5.41, 5.74) is 5.98. The molecular formula is C24H17N3OS. The topological polar surface area (TPSA) is 47.8 Å². The Morgan fingerprint density at radius 3 is 2.17 bits per heavy atom. The van der Waals surface area contributed by atoms with Crippen molar-refractivity contribution in [1.29, 1.82) is 0 Å². The standard InChI is InChI=1S/C24H17N3OS/c1-27-24(28)21-20(18-11-13-25-14-12-18)15-29-23(21)22(26-27)19-9-7-17(8-10-19)16-5-3-2-4-6-16/h2-15H,1H3. The Hall–Kier alpha value is -3.57. The largest absolute Gasteiger partial charge is 0.275 e. The summed E-state index contributed by atoms with van der Waals surface area (Å²) >= 11 is 1.56. The predicted molar refractivity (Wildman–Crippen MR) is 119 cm³/mol. The molecule has 0 fully saturated rings. The zero-order valence-corrected chi connectivity index (χ0v) is 16.6. The molecular weight excluding hydrogens is 378 g/mol. The molecule has 3 aromatic heterocycles. The van der Waals surface area contributed by atoms with E-state index in [1.54, 1.807) is 30.8 Å². The number of nitrogens with zero attached hydrogens (tertiary/aromatic N) is 3. The molecule has 0 unspecified atom stereocenters. The zero-order chi connectivity index (χ0) is 19.8. The normalized spacial score (nSPS) is 11.1. The lowest BCUT2D eigenvalue weighted by Crippen LogP contribution is -2.20. The third-order valence-electron chi connectivity index (χ3n) is 5.02. The van der Waals surface area contributed by atoms with Crippen LogP contribution >= 0.6 is 11.3 Å². The molecule has 5 heteroatoms. The highest BCUT2D eigenvalue weighted by Crippen LogP contribution is 2.36. The van der Waals surface area contributed by atoms with Crippen molar-refractivity contribution >= 4 is 21.4 Å². The Labute approximate surface area is 171 Å². The van der Waals surface area contributed by atoms with Gasteiger partial charge in [0.1, 0.15) is 5.69 Å². The lowest BCUT2D eigenvalue weighted by Gasteiger charge is -2.08. The first-order valence-corrected chi connectivity index (χ1v) is 10.1. The molecule has 3 heterocycles. The van der Waals surface area contributed by atoms with Gasteiger partial charge in [-0.3, -0.25) is 9.78 Å². The van der Waals surface area contributed by atoms with Gasteiger partial charge in [0.25, 0.3) is 5.56 Å². The Morgan fingerprint density at radius 1 is 0.793 bits per heavy atom. The molecule has 0 aliphatic rings. The van der Waals surface area contributed by atoms with Crippen LogP contribution in [-0.2, 0) is 7.05 Å². The minimum atomic E-state index is -0.0854. The number of thiophene rings is 1. The molecule has 5 aromatic rings. The van der Waals surface area contributed by atoms with E-state index in [-0.39, 0.29) is 5.56 Å². The van der Waals surface area contributed by atoms with Crippen LogP contribution in [0.3, 0.4) is 0 Å². The molecule has 0 amide bonds. The molecule has 0 spiro atoms. The summed E-state index contributed by atoms with van der Waals surface area (Å²) in [5.74, 6) is 0. The summed E-state index contributed by atoms with van der Waals surface area (Å²) in [6.07, 6.45) is 3.49. The van der Waals surface area contributed by atoms with Gasteiger partial charge >= 0.3 is 0 Å². The monoisotopic (exact) mass is 395 g/mol. The average Bonchev–Trinajstić information content (AvgIpc) is 3.23. The maximum absolute atomic E-state index is 12.9. The predicted octanol–water partition coefficient (Wildman–Crippen LogP) is 5.39. The Kier molecular flexibility index (Phi) is 4.30. The maximum Gasteiger partial charge on any atom is 0.275 e. The van der Waals surface area contributed by atoms with Gasteiger partial charge in [-0.25, -0.2) is 4.68 Å². The quantitative estimate of drug-likeness (QED) is 0.411. The molecule has 0 aliphatic heterocycles. The van der Waals surface area contributed by atoms with E-state index in [1.165, 1.54) is 10.2 Å². The fraction of sp³-hybridized carbons (Fsp3) is 0.0417. The zero-order valence-electron chi connectivity index (χ0n) is 15.7. The van der Waals surface area contributed by atoms with Crippen molar-refractivity contribution in [2.75, 3.05) is 0 Å². The number of fused-ring (bicyclic) bond motifs is 1. The van der Waals surface area contributed by atoms with E-state index in [0.29, 0.717) is 5.39 Å². The Balaban J connectivity index is 1.67. The first-order chi connectivity index (χ1) is 14.2. The van der Waals surface area contributed by atoms with Crippen LogP contribution in [0.4, 0.5) is 0 Å². The SMILES string of the molecule is Cn1nc(-c2ccc(-c3ccccc3)cc2)c2scc(-c3ccncc3)c2c1=O. The number of aryl methyl sites for hydroxylation is 1. The molecule has 0 bridgehead atoms. The van der Waals surface area contributed by atoms with Crippen LogP contribution in [-0.4, -0.2) is 14.8 Å². The second-order valence-electron chi connectivity index (χ2n) is 6.81. The van der Waals surface area contributed by atoms with E-state index in [2.05, 4.69) is 46.5 Å². The smallest absolute Gasteiger partial charge is 0.267 e. The van der Waals surface area contributed by atoms with Gasteiger partial charge in [0.2, 0.25) is 0 Å². The van der Waals surface area contributed by atoms with E-state index >= 15 is 0 Å². The first-order valence-electron chi connectivity index (χ1n) is 9.27. The van der Waals surface area contributed by atoms with Crippen LogP contribution in [0.1, 0.15) is 0 Å². The second kappa shape index (κ2) is 7.11. The van der Waals surface area contributed by atoms with Gasteiger partial charge in [0.15, 0.2) is 0 Å². The maximum atomic E-state index is 12.9. The van der Waals surface area contributed by atoms with Crippen molar-refractivity contribution in [3.63, 3.8) is 0 Å². The van der Waals surface area contributed by atoms with Gasteiger partial charge in [-0.15, -0.1) is 11.3 Å². The minimum Gasteiger partial charge on any atom is -0.267 e. The fourth-order valence-electron chi connectivity index (χ4n) is 3.53. The lowest BCUT2D eigenvalue weighted by molar-refractivity contribution is 0.723. The minimum absolute atomic E-state index is 0.0854. The van der Waals surface area contributed by atoms with Crippen LogP contribution in [0.2, 0.25) is 0 Å². The number of hydrogen-bond acceptors (Lipinski definition) is 4. The number of hydrogen-bond donors (Lipinski definition) is 0. The molecule has 5 rings (SSSR count). The molecule has 0 aliphatic carbocycles. The summed E-state index contributed by atoms with van der Waals surface area (Å²) in [6.45, 7) is 0. The summed E-state index contributed by atoms with van der Waals surface area (Å²) in [7, 11) is 1.71. The Bertz CT molecular complexity index is 1350. The van der Waals surface area contributed by atoms with Crippen LogP contribution < -0.4 is 5.56 Å². The highest BCUT2D eigenvalue weighted by atomic mass is 32.1. The van der Waals surface area contributed by atoms with Crippen molar-refractivity contribution in [3.8, 4) is 33.5 Å². The van der Waals surface area contributed by atoms with Crippen molar-refractivity contribution in [1.82, 2.24) is 14.8 Å². The van der Waals surface area contributed by atoms with E-state index in [9.17, 15) is 4.79 Å². The van der Waals surface area contributed by atoms with Gasteiger partial charge in [0, 0.05) is 35.9 Å². The van der Waals surface area contributed by atoms with Crippen molar-refractivity contribution in [3.05, 3.63) is 94.9 Å². The van der Waals surface area contributed by atoms with Crippen LogP contribution in [0.15, 0.2) is 89.3 Å². The Morgan fingerprint density at radius 2 is 1.45 bits per heavy atom. The van der Waals surface area contributed by atoms with E-state index in [1.807, 2.05) is 35.7 Å². The van der Waals surface area contributed by atoms with Crippen molar-refractivity contribution in [2.24, 2.45) is 7.05 Å². The number of aromatic nitrogens is 3. The van der Waals surface area contributed by atoms with Crippen molar-refractivity contribution in [2.45, 2.75) is 0 Å². The van der Waals surface area contributed by atoms with Crippen molar-refractivity contribution < 1.29 is 0 Å². The summed E-state index contributed by atoms with van der Waals surface area (Å²) < 4.78 is 2.34. The van der Waals surface area contributed by atoms with Gasteiger partial charge < -0.3 is 0 Å². The van der Waals surface area contributed by atoms with E-state index < -0.39 is 0 Å². The molecule has 4 nitrogen and oxygen atoms in total. The van der Waals surface area contributed by atoms with Crippen LogP contribution in [0.25, 0.3) is 43.6 Å². The third-order valence-corrected chi connectivity index (χ3v) is 6.01. The average molecular weight is 395 g/mol. The first kappa shape index (κ1) is 17.5. The van der Waals surface area contributed by atoms with Gasteiger partial charge in [-0.2, -0.15) is 5.10 Å². The van der Waals surface area contributed by atoms with E-state index in [0.717, 1.165) is 32.6 Å². The highest BCUT2D eigenvalue weighted by molar-refractivity contribution is 7.18. The molecule has 29 heavy (non-hydrogen) atoms. The van der Waals surface area contributed by atoms with Gasteiger partial charge in [-0.1, -0.05) is 54.6 Å². The summed E-state index contributed by atoms with van der Waals surface area (Å²) in [6, 6.07) is 22.5. The molecule has 2 aromatic carbocycles. The molecule has 0 saturated heterocycles. The fourth-order valence-corrected chi connectivity index (χ4v) is 4.61. The van der Waals surface area contributed by atoms with Crippen LogP contribution in [0.5, 0.6) is 0 Å². The number of pyridine rings is 1. The number of benzene rings is 2. The van der Waals surface area contributed by atoms with Gasteiger partial charge in [0.05, 0.1) is 10.1 Å². The van der Waals surface area contributed by atoms with Crippen LogP contribution in [0, 0.1) is 0 Å². The third kappa shape index (κ3) is 3.05. The summed E-state index contributed by atoms with van der Waals surface area (Å²) in [5, 5.41) is 7.32. The lowest BCUT2D eigenvalue weighted by atomic mass is 10.0. The summed E-state index contributed by atoms with van der Waals surface area (Å²) in [4.78, 5) is 17.0. The van der Waals surface area contributed by atoms with E-state index in [4.69, 9.17) is 0 Å². The molecule has 0 N–H and O–H groups in total. The molecule has 0 atom stereocenters.